The highest BCUT2D eigenvalue weighted by Gasteiger charge is 2.10. The quantitative estimate of drug-likeness (QED) is 0.394. The second-order valence-electron chi connectivity index (χ2n) is 5.06. The Kier molecular flexibility index (Phi) is 7.17. The van der Waals surface area contributed by atoms with Gasteiger partial charge in [0.2, 0.25) is 5.91 Å². The fourth-order valence-corrected chi connectivity index (χ4v) is 2.98. The van der Waals surface area contributed by atoms with Crippen molar-refractivity contribution in [1.29, 1.82) is 0 Å². The molecule has 0 aliphatic rings. The standard InChI is InChI=1S/C18H18FIN2O3/c1-3-25-16-9-13(8-15(20)18(16)24-2)11-21-22-17(23)10-12-4-6-14(19)7-5-12/h4-9,11H,3,10H2,1-2H3,(H,22,23)/b21-11+. The average Bonchev–Trinajstić information content (AvgIpc) is 2.57. The fraction of sp³-hybridized carbons (Fsp3) is 0.222. The Hall–Kier alpha value is -2.16. The number of hydrazone groups is 1. The molecule has 0 heterocycles. The summed E-state index contributed by atoms with van der Waals surface area (Å²) in [5.41, 5.74) is 3.94. The van der Waals surface area contributed by atoms with E-state index in [-0.39, 0.29) is 18.1 Å². The molecule has 132 valence electrons. The number of hydrogen-bond donors (Lipinski definition) is 1. The van der Waals surface area contributed by atoms with E-state index in [1.54, 1.807) is 25.3 Å². The molecule has 0 spiro atoms. The third kappa shape index (κ3) is 5.70. The highest BCUT2D eigenvalue weighted by Crippen LogP contribution is 2.33. The molecule has 0 bridgehead atoms. The first-order valence-corrected chi connectivity index (χ1v) is 8.68. The molecule has 25 heavy (non-hydrogen) atoms. The summed E-state index contributed by atoms with van der Waals surface area (Å²) in [4.78, 5) is 11.9. The number of rotatable bonds is 7. The van der Waals surface area contributed by atoms with Gasteiger partial charge in [-0.1, -0.05) is 12.1 Å². The Labute approximate surface area is 159 Å². The number of ether oxygens (including phenoxy) is 2. The van der Waals surface area contributed by atoms with E-state index in [1.165, 1.54) is 18.3 Å². The van der Waals surface area contributed by atoms with Crippen LogP contribution in [-0.4, -0.2) is 25.8 Å². The number of carbonyl (C=O) groups is 1. The van der Waals surface area contributed by atoms with Gasteiger partial charge < -0.3 is 9.47 Å². The Bertz CT molecular complexity index is 764. The van der Waals surface area contributed by atoms with Crippen LogP contribution < -0.4 is 14.9 Å². The van der Waals surface area contributed by atoms with Crippen LogP contribution >= 0.6 is 22.6 Å². The zero-order valence-corrected chi connectivity index (χ0v) is 16.0. The smallest absolute Gasteiger partial charge is 0.244 e. The summed E-state index contributed by atoms with van der Waals surface area (Å²) in [6.07, 6.45) is 1.66. The molecular formula is C18H18FIN2O3. The summed E-state index contributed by atoms with van der Waals surface area (Å²) >= 11 is 2.15. The molecule has 2 aromatic carbocycles. The van der Waals surface area contributed by atoms with Gasteiger partial charge in [0.05, 0.1) is 29.9 Å². The van der Waals surface area contributed by atoms with Gasteiger partial charge in [-0.2, -0.15) is 5.10 Å². The van der Waals surface area contributed by atoms with Gasteiger partial charge in [0.25, 0.3) is 0 Å². The number of carbonyl (C=O) groups excluding carboxylic acids is 1. The Morgan fingerprint density at radius 3 is 2.68 bits per heavy atom. The molecule has 0 aromatic heterocycles. The van der Waals surface area contributed by atoms with E-state index in [0.29, 0.717) is 23.7 Å². The Balaban J connectivity index is 2.01. The Morgan fingerprint density at radius 1 is 1.32 bits per heavy atom. The lowest BCUT2D eigenvalue weighted by Gasteiger charge is -2.11. The molecule has 0 radical (unpaired) electrons. The number of methoxy groups -OCH3 is 1. The first kappa shape index (κ1) is 19.2. The number of amides is 1. The van der Waals surface area contributed by atoms with Crippen molar-refractivity contribution in [3.05, 3.63) is 56.9 Å². The lowest BCUT2D eigenvalue weighted by atomic mass is 10.1. The summed E-state index contributed by atoms with van der Waals surface area (Å²) in [5.74, 6) is 0.674. The van der Waals surface area contributed by atoms with Crippen LogP contribution in [0.15, 0.2) is 41.5 Å². The predicted octanol–water partition coefficient (Wildman–Crippen LogP) is 3.53. The largest absolute Gasteiger partial charge is 0.492 e. The zero-order chi connectivity index (χ0) is 18.2. The van der Waals surface area contributed by atoms with Crippen LogP contribution in [0.3, 0.4) is 0 Å². The maximum Gasteiger partial charge on any atom is 0.244 e. The molecule has 0 unspecified atom stereocenters. The van der Waals surface area contributed by atoms with Crippen LogP contribution in [0.5, 0.6) is 11.5 Å². The van der Waals surface area contributed by atoms with E-state index in [2.05, 4.69) is 33.1 Å². The lowest BCUT2D eigenvalue weighted by Crippen LogP contribution is -2.19. The molecule has 0 atom stereocenters. The van der Waals surface area contributed by atoms with Crippen LogP contribution in [0.2, 0.25) is 0 Å². The maximum absolute atomic E-state index is 12.8. The number of benzene rings is 2. The SMILES string of the molecule is CCOc1cc(/C=N/NC(=O)Cc2ccc(F)cc2)cc(I)c1OC. The highest BCUT2D eigenvalue weighted by molar-refractivity contribution is 14.1. The average molecular weight is 456 g/mol. The predicted molar refractivity (Wildman–Crippen MR) is 103 cm³/mol. The second kappa shape index (κ2) is 9.36. The maximum atomic E-state index is 12.8. The van der Waals surface area contributed by atoms with Crippen molar-refractivity contribution in [3.63, 3.8) is 0 Å². The fourth-order valence-electron chi connectivity index (χ4n) is 2.13. The molecule has 2 aromatic rings. The van der Waals surface area contributed by atoms with Gasteiger partial charge in [0.1, 0.15) is 5.82 Å². The monoisotopic (exact) mass is 456 g/mol. The molecule has 0 saturated carbocycles. The van der Waals surface area contributed by atoms with Crippen LogP contribution in [0.25, 0.3) is 0 Å². The summed E-state index contributed by atoms with van der Waals surface area (Å²) in [7, 11) is 1.59. The third-order valence-corrected chi connectivity index (χ3v) is 4.02. The number of nitrogens with one attached hydrogen (secondary N) is 1. The van der Waals surface area contributed by atoms with Crippen molar-refractivity contribution >= 4 is 34.7 Å². The third-order valence-electron chi connectivity index (χ3n) is 3.22. The number of nitrogens with zero attached hydrogens (tertiary/aromatic N) is 1. The highest BCUT2D eigenvalue weighted by atomic mass is 127. The van der Waals surface area contributed by atoms with Crippen LogP contribution in [-0.2, 0) is 11.2 Å². The molecule has 5 nitrogen and oxygen atoms in total. The summed E-state index contributed by atoms with van der Waals surface area (Å²) < 4.78 is 24.6. The van der Waals surface area contributed by atoms with E-state index in [9.17, 15) is 9.18 Å². The van der Waals surface area contributed by atoms with Gasteiger partial charge in [-0.3, -0.25) is 4.79 Å². The first-order valence-electron chi connectivity index (χ1n) is 7.60. The van der Waals surface area contributed by atoms with Crippen LogP contribution in [0.4, 0.5) is 4.39 Å². The van der Waals surface area contributed by atoms with E-state index < -0.39 is 0 Å². The van der Waals surface area contributed by atoms with Crippen molar-refractivity contribution in [2.45, 2.75) is 13.3 Å². The molecule has 0 aliphatic heterocycles. The van der Waals surface area contributed by atoms with E-state index >= 15 is 0 Å². The molecule has 0 fully saturated rings. The van der Waals surface area contributed by atoms with E-state index in [0.717, 1.165) is 9.13 Å². The molecule has 0 saturated heterocycles. The minimum atomic E-state index is -0.332. The molecule has 0 aliphatic carbocycles. The molecule has 2 rings (SSSR count). The van der Waals surface area contributed by atoms with Gasteiger partial charge in [-0.15, -0.1) is 0 Å². The topological polar surface area (TPSA) is 59.9 Å². The van der Waals surface area contributed by atoms with Gasteiger partial charge >= 0.3 is 0 Å². The van der Waals surface area contributed by atoms with Gasteiger partial charge in [-0.05, 0) is 64.9 Å². The van der Waals surface area contributed by atoms with Gasteiger partial charge in [0.15, 0.2) is 11.5 Å². The van der Waals surface area contributed by atoms with Gasteiger partial charge in [0, 0.05) is 0 Å². The molecule has 7 heteroatoms. The van der Waals surface area contributed by atoms with Crippen molar-refractivity contribution in [1.82, 2.24) is 5.43 Å². The van der Waals surface area contributed by atoms with Crippen LogP contribution in [0.1, 0.15) is 18.1 Å². The lowest BCUT2D eigenvalue weighted by molar-refractivity contribution is -0.120. The first-order chi connectivity index (χ1) is 12.0. The summed E-state index contributed by atoms with van der Waals surface area (Å²) in [6.45, 7) is 2.41. The van der Waals surface area contributed by atoms with Gasteiger partial charge in [-0.25, -0.2) is 9.82 Å². The number of hydrogen-bond acceptors (Lipinski definition) is 4. The summed E-state index contributed by atoms with van der Waals surface area (Å²) in [5, 5.41) is 3.95. The van der Waals surface area contributed by atoms with E-state index in [1.807, 2.05) is 13.0 Å². The van der Waals surface area contributed by atoms with Crippen molar-refractivity contribution in [3.8, 4) is 11.5 Å². The normalized spacial score (nSPS) is 10.7. The Morgan fingerprint density at radius 2 is 2.04 bits per heavy atom. The van der Waals surface area contributed by atoms with E-state index in [4.69, 9.17) is 9.47 Å². The van der Waals surface area contributed by atoms with Crippen LogP contribution in [0, 0.1) is 9.39 Å². The minimum absolute atomic E-state index is 0.127. The summed E-state index contributed by atoms with van der Waals surface area (Å²) in [6, 6.07) is 9.44. The van der Waals surface area contributed by atoms with Crippen molar-refractivity contribution in [2.24, 2.45) is 5.10 Å². The minimum Gasteiger partial charge on any atom is -0.492 e. The number of halogens is 2. The second-order valence-corrected chi connectivity index (χ2v) is 6.23. The molecule has 1 N–H and O–H groups in total. The van der Waals surface area contributed by atoms with Crippen molar-refractivity contribution < 1.29 is 18.7 Å². The molecule has 1 amide bonds. The van der Waals surface area contributed by atoms with Crippen molar-refractivity contribution in [2.75, 3.05) is 13.7 Å². The molecular weight excluding hydrogens is 438 g/mol. The zero-order valence-electron chi connectivity index (χ0n) is 13.9.